The van der Waals surface area contributed by atoms with E-state index in [1.807, 2.05) is 18.2 Å². The summed E-state index contributed by atoms with van der Waals surface area (Å²) in [6, 6.07) is 0. The third-order valence-corrected chi connectivity index (χ3v) is 8.26. The Morgan fingerprint density at radius 3 is 1.74 bits per heavy atom. The van der Waals surface area contributed by atoms with E-state index in [4.69, 9.17) is 19.3 Å². The summed E-state index contributed by atoms with van der Waals surface area (Å²) >= 11 is 0. The van der Waals surface area contributed by atoms with Crippen LogP contribution in [0, 0.1) is 0 Å². The molecule has 0 rings (SSSR count). The summed E-state index contributed by atoms with van der Waals surface area (Å²) < 4.78 is 26.2. The van der Waals surface area contributed by atoms with Crippen LogP contribution >= 0.6 is 7.82 Å². The third kappa shape index (κ3) is 35.4. The second-order valence-corrected chi connectivity index (χ2v) is 13.6. The van der Waals surface area contributed by atoms with Crippen molar-refractivity contribution in [2.75, 3.05) is 13.2 Å². The fraction of sp³-hybridized carbons (Fsp3) is 0.784. The normalized spacial score (nSPS) is 13.6. The molecule has 0 aliphatic carbocycles. The average molecular weight is 687 g/mol. The number of esters is 2. The molecule has 274 valence electrons. The maximum atomic E-state index is 12.3. The summed E-state index contributed by atoms with van der Waals surface area (Å²) in [6.45, 7) is 3.46. The van der Waals surface area contributed by atoms with Crippen LogP contribution in [0.25, 0.3) is 0 Å². The quantitative estimate of drug-likeness (QED) is 0.0202. The molecular weight excluding hydrogens is 619 g/mol. The van der Waals surface area contributed by atoms with Crippen LogP contribution in [0.1, 0.15) is 162 Å². The van der Waals surface area contributed by atoms with E-state index in [0.29, 0.717) is 19.3 Å². The van der Waals surface area contributed by atoms with Gasteiger partial charge in [0.05, 0.1) is 12.7 Å². The maximum absolute atomic E-state index is 12.3. The van der Waals surface area contributed by atoms with E-state index in [1.54, 1.807) is 6.08 Å². The van der Waals surface area contributed by atoms with Gasteiger partial charge in [-0.3, -0.25) is 14.1 Å². The average Bonchev–Trinajstić information content (AvgIpc) is 3.03. The Kier molecular flexibility index (Phi) is 31.5. The Morgan fingerprint density at radius 1 is 0.660 bits per heavy atom. The van der Waals surface area contributed by atoms with Crippen molar-refractivity contribution < 1.29 is 43.0 Å². The summed E-state index contributed by atoms with van der Waals surface area (Å²) in [4.78, 5) is 42.6. The van der Waals surface area contributed by atoms with Gasteiger partial charge in [-0.1, -0.05) is 153 Å². The summed E-state index contributed by atoms with van der Waals surface area (Å²) in [7, 11) is -4.77. The number of allylic oxidation sites excluding steroid dienone is 5. The minimum Gasteiger partial charge on any atom is -0.462 e. The van der Waals surface area contributed by atoms with Gasteiger partial charge >= 0.3 is 19.8 Å². The lowest BCUT2D eigenvalue weighted by molar-refractivity contribution is -0.161. The number of unbranched alkanes of at least 4 members (excludes halogenated alkanes) is 16. The van der Waals surface area contributed by atoms with Crippen LogP contribution in [-0.2, 0) is 28.2 Å². The molecule has 9 nitrogen and oxygen atoms in total. The van der Waals surface area contributed by atoms with Crippen LogP contribution in [0.2, 0.25) is 0 Å². The van der Waals surface area contributed by atoms with E-state index in [-0.39, 0.29) is 19.4 Å². The molecule has 10 heteroatoms. The van der Waals surface area contributed by atoms with Crippen LogP contribution in [0.5, 0.6) is 0 Å². The van der Waals surface area contributed by atoms with Crippen LogP contribution in [0.4, 0.5) is 0 Å². The van der Waals surface area contributed by atoms with Gasteiger partial charge in [-0.2, -0.15) is 0 Å². The first-order valence-electron chi connectivity index (χ1n) is 18.4. The predicted octanol–water partition coefficient (Wildman–Crippen LogP) is 9.59. The van der Waals surface area contributed by atoms with Crippen LogP contribution < -0.4 is 0 Å². The number of rotatable bonds is 33. The van der Waals surface area contributed by atoms with E-state index < -0.39 is 38.6 Å². The maximum Gasteiger partial charge on any atom is 0.469 e. The van der Waals surface area contributed by atoms with Gasteiger partial charge in [-0.25, -0.2) is 4.57 Å². The van der Waals surface area contributed by atoms with Gasteiger partial charge < -0.3 is 24.4 Å². The Labute approximate surface area is 285 Å². The molecule has 0 aromatic heterocycles. The highest BCUT2D eigenvalue weighted by atomic mass is 31.2. The van der Waals surface area contributed by atoms with Crippen LogP contribution in [0.15, 0.2) is 36.5 Å². The molecule has 47 heavy (non-hydrogen) atoms. The Bertz CT molecular complexity index is 881. The smallest absolute Gasteiger partial charge is 0.462 e. The largest absolute Gasteiger partial charge is 0.469 e. The van der Waals surface area contributed by atoms with Crippen molar-refractivity contribution in [2.24, 2.45) is 0 Å². The first kappa shape index (κ1) is 45.2. The fourth-order valence-electron chi connectivity index (χ4n) is 5.03. The molecule has 0 spiro atoms. The van der Waals surface area contributed by atoms with Crippen LogP contribution in [-0.4, -0.2) is 52.3 Å². The van der Waals surface area contributed by atoms with E-state index in [0.717, 1.165) is 51.4 Å². The molecule has 0 heterocycles. The molecule has 0 aliphatic heterocycles. The molecule has 0 aromatic carbocycles. The van der Waals surface area contributed by atoms with Gasteiger partial charge in [0.15, 0.2) is 6.10 Å². The van der Waals surface area contributed by atoms with Crippen molar-refractivity contribution in [1.29, 1.82) is 0 Å². The minimum absolute atomic E-state index is 0.143. The lowest BCUT2D eigenvalue weighted by atomic mass is 10.0. The number of hydrogen-bond acceptors (Lipinski definition) is 7. The van der Waals surface area contributed by atoms with Gasteiger partial charge in [0, 0.05) is 12.8 Å². The Hall–Kier alpha value is -1.77. The number of phosphoric acid groups is 1. The molecule has 0 saturated heterocycles. The summed E-state index contributed by atoms with van der Waals surface area (Å²) in [6.07, 6.45) is 33.1. The Morgan fingerprint density at radius 2 is 1.19 bits per heavy atom. The number of aliphatic hydroxyl groups is 1. The van der Waals surface area contributed by atoms with Gasteiger partial charge in [0.1, 0.15) is 6.61 Å². The first-order chi connectivity index (χ1) is 22.7. The van der Waals surface area contributed by atoms with E-state index in [2.05, 4.69) is 30.5 Å². The molecule has 0 radical (unpaired) electrons. The summed E-state index contributed by atoms with van der Waals surface area (Å²) in [5.41, 5.74) is 0. The number of ether oxygens (including phenoxy) is 2. The first-order valence-corrected chi connectivity index (χ1v) is 19.9. The molecule has 0 aromatic rings. The third-order valence-electron chi connectivity index (χ3n) is 7.78. The van der Waals surface area contributed by atoms with Crippen molar-refractivity contribution >= 4 is 19.8 Å². The molecule has 2 atom stereocenters. The zero-order valence-corrected chi connectivity index (χ0v) is 30.4. The highest BCUT2D eigenvalue weighted by Crippen LogP contribution is 2.36. The van der Waals surface area contributed by atoms with Crippen LogP contribution in [0.3, 0.4) is 0 Å². The second-order valence-electron chi connectivity index (χ2n) is 12.4. The number of phosphoric ester groups is 1. The van der Waals surface area contributed by atoms with Crippen molar-refractivity contribution in [3.63, 3.8) is 0 Å². The highest BCUT2D eigenvalue weighted by Gasteiger charge is 2.22. The van der Waals surface area contributed by atoms with Gasteiger partial charge in [0.25, 0.3) is 0 Å². The summed E-state index contributed by atoms with van der Waals surface area (Å²) in [5.74, 6) is -0.960. The Balaban J connectivity index is 4.07. The van der Waals surface area contributed by atoms with E-state index in [1.165, 1.54) is 64.2 Å². The number of carbonyl (C=O) groups excluding carboxylic acids is 2. The van der Waals surface area contributed by atoms with E-state index >= 15 is 0 Å². The molecule has 1 unspecified atom stereocenters. The highest BCUT2D eigenvalue weighted by molar-refractivity contribution is 7.46. The number of hydrogen-bond donors (Lipinski definition) is 3. The zero-order valence-electron chi connectivity index (χ0n) is 29.5. The predicted molar refractivity (Wildman–Crippen MR) is 190 cm³/mol. The molecule has 0 saturated carbocycles. The summed E-state index contributed by atoms with van der Waals surface area (Å²) in [5, 5.41) is 10.1. The minimum atomic E-state index is -4.77. The van der Waals surface area contributed by atoms with Crippen molar-refractivity contribution in [3.8, 4) is 0 Å². The standard InChI is InChI=1S/C37H67O9P/c1-3-5-7-9-11-12-13-14-15-16-18-22-26-30-36(39)44-32-35(33-45-47(41,42)43)46-37(40)31-27-23-19-21-25-29-34(38)28-24-20-17-10-8-6-4-2/h6,8,17,20,24,28,34-35,38H,3-5,7,9-16,18-19,21-23,25-27,29-33H2,1-2H3,(H2,41,42,43)/b8-6+,20-17+,28-24+/t34?,35-/m1/s1. The van der Waals surface area contributed by atoms with Crippen molar-refractivity contribution in [3.05, 3.63) is 36.5 Å². The van der Waals surface area contributed by atoms with Gasteiger partial charge in [-0.15, -0.1) is 0 Å². The molecule has 0 bridgehead atoms. The topological polar surface area (TPSA) is 140 Å². The molecule has 0 amide bonds. The monoisotopic (exact) mass is 686 g/mol. The lowest BCUT2D eigenvalue weighted by Gasteiger charge is -2.18. The zero-order chi connectivity index (χ0) is 34.9. The fourth-order valence-corrected chi connectivity index (χ4v) is 5.39. The molecule has 0 fully saturated rings. The van der Waals surface area contributed by atoms with Gasteiger partial charge in [-0.05, 0) is 32.1 Å². The SMILES string of the molecule is CC/C=C/C/C=C/C=C/C(O)CCCCCCCC(=O)O[C@H](COC(=O)CCCCCCCCCCCCCCC)COP(=O)(O)O. The number of carbonyl (C=O) groups is 2. The lowest BCUT2D eigenvalue weighted by Crippen LogP contribution is -2.29. The second kappa shape index (κ2) is 32.8. The molecular formula is C37H67O9P. The number of aliphatic hydroxyl groups excluding tert-OH is 1. The van der Waals surface area contributed by atoms with Gasteiger partial charge in [0.2, 0.25) is 0 Å². The van der Waals surface area contributed by atoms with Crippen molar-refractivity contribution in [2.45, 2.75) is 174 Å². The van der Waals surface area contributed by atoms with Crippen molar-refractivity contribution in [1.82, 2.24) is 0 Å². The van der Waals surface area contributed by atoms with E-state index in [9.17, 15) is 19.3 Å². The molecule has 3 N–H and O–H groups in total. The molecule has 0 aliphatic rings.